The van der Waals surface area contributed by atoms with Gasteiger partial charge in [0.25, 0.3) is 0 Å². The van der Waals surface area contributed by atoms with Gasteiger partial charge in [-0.1, -0.05) is 20.8 Å². The molecule has 21 heavy (non-hydrogen) atoms. The topological polar surface area (TPSA) is 50.4 Å². The molecule has 4 nitrogen and oxygen atoms in total. The third kappa shape index (κ3) is 4.21. The Hall–Kier alpha value is -1.55. The molecule has 1 saturated heterocycles. The van der Waals surface area contributed by atoms with Gasteiger partial charge in [0, 0.05) is 5.69 Å². The first-order chi connectivity index (χ1) is 10.0. The maximum atomic E-state index is 12.4. The van der Waals surface area contributed by atoms with E-state index in [0.717, 1.165) is 37.2 Å². The number of nitrogens with one attached hydrogen (secondary N) is 2. The van der Waals surface area contributed by atoms with Gasteiger partial charge in [-0.2, -0.15) is 0 Å². The zero-order valence-electron chi connectivity index (χ0n) is 13.2. The van der Waals surface area contributed by atoms with Gasteiger partial charge in [0.05, 0.1) is 12.6 Å². The molecule has 0 bridgehead atoms. The number of amides is 1. The smallest absolute Gasteiger partial charge is 0.242 e. The number of ether oxygens (including phenoxy) is 1. The van der Waals surface area contributed by atoms with Gasteiger partial charge in [-0.15, -0.1) is 0 Å². The highest BCUT2D eigenvalue weighted by atomic mass is 16.5. The van der Waals surface area contributed by atoms with Crippen molar-refractivity contribution < 1.29 is 9.53 Å². The second-order valence-corrected chi connectivity index (χ2v) is 6.34. The van der Waals surface area contributed by atoms with Crippen LogP contribution in [0.15, 0.2) is 24.3 Å². The molecule has 1 aromatic rings. The van der Waals surface area contributed by atoms with Crippen molar-refractivity contribution in [2.75, 3.05) is 18.5 Å². The average Bonchev–Trinajstić information content (AvgIpc) is 2.46. The molecule has 0 spiro atoms. The van der Waals surface area contributed by atoms with Crippen LogP contribution in [0.3, 0.4) is 0 Å². The Balaban J connectivity index is 1.95. The summed E-state index contributed by atoms with van der Waals surface area (Å²) >= 11 is 0. The van der Waals surface area contributed by atoms with Crippen LogP contribution in [0.5, 0.6) is 5.75 Å². The Labute approximate surface area is 127 Å². The summed E-state index contributed by atoms with van der Waals surface area (Å²) in [7, 11) is 0. The highest BCUT2D eigenvalue weighted by Gasteiger charge is 2.36. The van der Waals surface area contributed by atoms with Crippen molar-refractivity contribution in [3.05, 3.63) is 24.3 Å². The summed E-state index contributed by atoms with van der Waals surface area (Å²) in [5, 5.41) is 6.33. The number of rotatable bonds is 5. The van der Waals surface area contributed by atoms with Crippen LogP contribution in [0.25, 0.3) is 0 Å². The third-order valence-electron chi connectivity index (χ3n) is 3.98. The van der Waals surface area contributed by atoms with Crippen molar-refractivity contribution in [2.45, 2.75) is 46.1 Å². The lowest BCUT2D eigenvalue weighted by Crippen LogP contribution is -2.53. The lowest BCUT2D eigenvalue weighted by molar-refractivity contribution is -0.121. The third-order valence-corrected chi connectivity index (χ3v) is 3.98. The van der Waals surface area contributed by atoms with Crippen LogP contribution in [0.2, 0.25) is 0 Å². The zero-order chi connectivity index (χ0) is 15.3. The molecule has 1 atom stereocenters. The van der Waals surface area contributed by atoms with Crippen LogP contribution in [-0.4, -0.2) is 25.1 Å². The largest absolute Gasteiger partial charge is 0.494 e. The predicted molar refractivity (Wildman–Crippen MR) is 85.7 cm³/mol. The van der Waals surface area contributed by atoms with Crippen LogP contribution >= 0.6 is 0 Å². The van der Waals surface area contributed by atoms with Crippen molar-refractivity contribution in [1.82, 2.24) is 5.32 Å². The number of anilines is 1. The van der Waals surface area contributed by atoms with Gasteiger partial charge in [-0.3, -0.25) is 4.79 Å². The van der Waals surface area contributed by atoms with E-state index in [4.69, 9.17) is 4.74 Å². The molecule has 1 heterocycles. The van der Waals surface area contributed by atoms with Gasteiger partial charge in [0.2, 0.25) is 5.91 Å². The second-order valence-electron chi connectivity index (χ2n) is 6.34. The minimum absolute atomic E-state index is 0.00743. The quantitative estimate of drug-likeness (QED) is 0.875. The van der Waals surface area contributed by atoms with Gasteiger partial charge >= 0.3 is 0 Å². The first-order valence-corrected chi connectivity index (χ1v) is 7.80. The lowest BCUT2D eigenvalue weighted by Gasteiger charge is -2.38. The molecule has 1 unspecified atom stereocenters. The molecule has 0 aromatic heterocycles. The number of carbonyl (C=O) groups excluding carboxylic acids is 1. The van der Waals surface area contributed by atoms with E-state index >= 15 is 0 Å². The van der Waals surface area contributed by atoms with Crippen LogP contribution in [-0.2, 0) is 4.79 Å². The molecular weight excluding hydrogens is 264 g/mol. The first kappa shape index (κ1) is 15.8. The maximum Gasteiger partial charge on any atom is 0.242 e. The van der Waals surface area contributed by atoms with Crippen molar-refractivity contribution in [1.29, 1.82) is 0 Å². The van der Waals surface area contributed by atoms with E-state index in [0.29, 0.717) is 6.61 Å². The van der Waals surface area contributed by atoms with Gasteiger partial charge < -0.3 is 15.4 Å². The molecule has 0 saturated carbocycles. The lowest BCUT2D eigenvalue weighted by atomic mass is 9.77. The fraction of sp³-hybridized carbons (Fsp3) is 0.588. The summed E-state index contributed by atoms with van der Waals surface area (Å²) in [6.07, 6.45) is 3.18. The van der Waals surface area contributed by atoms with Crippen LogP contribution in [0.1, 0.15) is 40.0 Å². The molecule has 2 rings (SSSR count). The molecule has 1 amide bonds. The number of carbonyl (C=O) groups is 1. The molecule has 1 aliphatic rings. The minimum atomic E-state index is -0.137. The summed E-state index contributed by atoms with van der Waals surface area (Å²) in [5.74, 6) is 0.882. The van der Waals surface area contributed by atoms with Gasteiger partial charge in [0.15, 0.2) is 0 Å². The molecule has 0 radical (unpaired) electrons. The predicted octanol–water partition coefficient (Wildman–Crippen LogP) is 3.19. The Kier molecular flexibility index (Phi) is 5.23. The highest BCUT2D eigenvalue weighted by Crippen LogP contribution is 2.30. The van der Waals surface area contributed by atoms with Crippen LogP contribution in [0.4, 0.5) is 5.69 Å². The van der Waals surface area contributed by atoms with Gasteiger partial charge in [-0.05, 0) is 55.5 Å². The molecule has 1 aromatic carbocycles. The Morgan fingerprint density at radius 1 is 1.38 bits per heavy atom. The number of piperidine rings is 1. The van der Waals surface area contributed by atoms with Crippen molar-refractivity contribution in [3.8, 4) is 5.75 Å². The molecular formula is C17H26N2O2. The fourth-order valence-electron chi connectivity index (χ4n) is 2.73. The molecule has 1 aliphatic heterocycles. The van der Waals surface area contributed by atoms with Crippen LogP contribution in [0, 0.1) is 5.41 Å². The molecule has 2 N–H and O–H groups in total. The van der Waals surface area contributed by atoms with E-state index in [9.17, 15) is 4.79 Å². The van der Waals surface area contributed by atoms with Crippen molar-refractivity contribution in [2.24, 2.45) is 5.41 Å². The van der Waals surface area contributed by atoms with E-state index in [-0.39, 0.29) is 17.4 Å². The number of hydrogen-bond acceptors (Lipinski definition) is 3. The van der Waals surface area contributed by atoms with Gasteiger partial charge in [-0.25, -0.2) is 0 Å². The summed E-state index contributed by atoms with van der Waals surface area (Å²) in [4.78, 5) is 12.4. The van der Waals surface area contributed by atoms with E-state index < -0.39 is 0 Å². The van der Waals surface area contributed by atoms with E-state index in [1.165, 1.54) is 0 Å². The summed E-state index contributed by atoms with van der Waals surface area (Å²) < 4.78 is 5.54. The minimum Gasteiger partial charge on any atom is -0.494 e. The van der Waals surface area contributed by atoms with Gasteiger partial charge in [0.1, 0.15) is 5.75 Å². The molecule has 1 fully saturated rings. The average molecular weight is 290 g/mol. The van der Waals surface area contributed by atoms with E-state index in [2.05, 4.69) is 31.4 Å². The van der Waals surface area contributed by atoms with Crippen molar-refractivity contribution >= 4 is 11.6 Å². The Bertz CT molecular complexity index is 468. The number of benzene rings is 1. The van der Waals surface area contributed by atoms with E-state index in [1.807, 2.05) is 24.3 Å². The maximum absolute atomic E-state index is 12.4. The van der Waals surface area contributed by atoms with Crippen LogP contribution < -0.4 is 15.4 Å². The monoisotopic (exact) mass is 290 g/mol. The summed E-state index contributed by atoms with van der Waals surface area (Å²) in [5.41, 5.74) is 0.805. The number of hydrogen-bond donors (Lipinski definition) is 2. The summed E-state index contributed by atoms with van der Waals surface area (Å²) in [6.45, 7) is 7.99. The first-order valence-electron chi connectivity index (χ1n) is 7.80. The normalized spacial score (nSPS) is 20.8. The highest BCUT2D eigenvalue weighted by molar-refractivity contribution is 5.95. The van der Waals surface area contributed by atoms with E-state index in [1.54, 1.807) is 0 Å². The second kappa shape index (κ2) is 6.94. The fourth-order valence-corrected chi connectivity index (χ4v) is 2.73. The van der Waals surface area contributed by atoms with Crippen molar-refractivity contribution in [3.63, 3.8) is 0 Å². The molecule has 116 valence electrons. The molecule has 4 heteroatoms. The molecule has 0 aliphatic carbocycles. The Morgan fingerprint density at radius 3 is 2.71 bits per heavy atom. The SMILES string of the molecule is CCCOc1ccc(NC(=O)C2NCCCC2(C)C)cc1. The zero-order valence-corrected chi connectivity index (χ0v) is 13.2. The Morgan fingerprint density at radius 2 is 2.10 bits per heavy atom. The summed E-state index contributed by atoms with van der Waals surface area (Å²) in [6, 6.07) is 7.43. The standard InChI is InChI=1S/C17H26N2O2/c1-4-12-21-14-8-6-13(7-9-14)19-16(20)15-17(2,3)10-5-11-18-15/h6-9,15,18H,4-5,10-12H2,1-3H3,(H,19,20).